The first kappa shape index (κ1) is 12.2. The van der Waals surface area contributed by atoms with Gasteiger partial charge in [0.1, 0.15) is 0 Å². The number of nitrogens with zero attached hydrogens (tertiary/aromatic N) is 1. The second kappa shape index (κ2) is 6.66. The highest BCUT2D eigenvalue weighted by atomic mass is 16.4. The fourth-order valence-corrected chi connectivity index (χ4v) is 1.03. The van der Waals surface area contributed by atoms with Crippen molar-refractivity contribution in [3.63, 3.8) is 0 Å². The van der Waals surface area contributed by atoms with Crippen molar-refractivity contribution in [3.05, 3.63) is 12.2 Å². The first-order chi connectivity index (χ1) is 6.06. The van der Waals surface area contributed by atoms with Gasteiger partial charge in [-0.3, -0.25) is 4.79 Å². The van der Waals surface area contributed by atoms with Gasteiger partial charge >= 0.3 is 5.97 Å². The number of carboxylic acid groups (broad SMARTS) is 1. The van der Waals surface area contributed by atoms with Crippen LogP contribution in [0, 0.1) is 0 Å². The van der Waals surface area contributed by atoms with Crippen LogP contribution in [-0.4, -0.2) is 35.6 Å². The van der Waals surface area contributed by atoms with Crippen LogP contribution in [0.3, 0.4) is 0 Å². The number of hydrogen-bond acceptors (Lipinski definition) is 2. The third-order valence-corrected chi connectivity index (χ3v) is 1.94. The predicted octanol–water partition coefficient (Wildman–Crippen LogP) is 1.75. The Morgan fingerprint density at radius 2 is 1.92 bits per heavy atom. The molecule has 0 aliphatic carbocycles. The maximum Gasteiger partial charge on any atom is 0.304 e. The van der Waals surface area contributed by atoms with Gasteiger partial charge in [-0.25, -0.2) is 0 Å². The highest BCUT2D eigenvalue weighted by molar-refractivity contribution is 5.66. The van der Waals surface area contributed by atoms with Gasteiger partial charge in [0.2, 0.25) is 0 Å². The summed E-state index contributed by atoms with van der Waals surface area (Å²) in [5.74, 6) is -0.728. The molecule has 3 nitrogen and oxygen atoms in total. The number of aliphatic carboxylic acids is 1. The zero-order valence-corrected chi connectivity index (χ0v) is 8.55. The topological polar surface area (TPSA) is 40.5 Å². The fraction of sp³-hybridized carbons (Fsp3) is 0.700. The van der Waals surface area contributed by atoms with Crippen LogP contribution < -0.4 is 0 Å². The lowest BCUT2D eigenvalue weighted by molar-refractivity contribution is -0.137. The van der Waals surface area contributed by atoms with Crippen molar-refractivity contribution in [1.82, 2.24) is 4.90 Å². The molecule has 0 heterocycles. The molecule has 3 heteroatoms. The third kappa shape index (κ3) is 7.53. The van der Waals surface area contributed by atoms with Gasteiger partial charge in [-0.2, -0.15) is 0 Å². The van der Waals surface area contributed by atoms with E-state index in [0.29, 0.717) is 6.54 Å². The van der Waals surface area contributed by atoms with Crippen LogP contribution in [0.5, 0.6) is 0 Å². The lowest BCUT2D eigenvalue weighted by Crippen LogP contribution is -2.27. The summed E-state index contributed by atoms with van der Waals surface area (Å²) in [6.07, 6.45) is 1.18. The lowest BCUT2D eigenvalue weighted by Gasteiger charge is -2.18. The van der Waals surface area contributed by atoms with E-state index in [0.717, 1.165) is 25.1 Å². The summed E-state index contributed by atoms with van der Waals surface area (Å²) in [4.78, 5) is 12.4. The van der Waals surface area contributed by atoms with Crippen LogP contribution >= 0.6 is 0 Å². The normalized spacial score (nSPS) is 10.4. The Balaban J connectivity index is 3.63. The Morgan fingerprint density at radius 3 is 2.31 bits per heavy atom. The smallest absolute Gasteiger partial charge is 0.304 e. The highest BCUT2D eigenvalue weighted by Gasteiger charge is 2.04. The summed E-state index contributed by atoms with van der Waals surface area (Å²) in [5.41, 5.74) is 1.15. The number of carbonyl (C=O) groups is 1. The number of rotatable bonds is 7. The fourth-order valence-electron chi connectivity index (χ4n) is 1.03. The molecule has 0 aromatic rings. The van der Waals surface area contributed by atoms with Gasteiger partial charge in [0, 0.05) is 13.1 Å². The molecule has 0 fully saturated rings. The van der Waals surface area contributed by atoms with E-state index in [9.17, 15) is 4.79 Å². The van der Waals surface area contributed by atoms with Gasteiger partial charge in [0.15, 0.2) is 0 Å². The highest BCUT2D eigenvalue weighted by Crippen LogP contribution is 2.00. The van der Waals surface area contributed by atoms with E-state index in [2.05, 4.69) is 11.5 Å². The zero-order valence-electron chi connectivity index (χ0n) is 8.55. The summed E-state index contributed by atoms with van der Waals surface area (Å²) >= 11 is 0. The van der Waals surface area contributed by atoms with Gasteiger partial charge in [-0.1, -0.05) is 12.5 Å². The van der Waals surface area contributed by atoms with Gasteiger partial charge in [0.05, 0.1) is 6.42 Å². The largest absolute Gasteiger partial charge is 0.481 e. The van der Waals surface area contributed by atoms with Crippen molar-refractivity contribution < 1.29 is 9.90 Å². The molecule has 0 saturated heterocycles. The van der Waals surface area contributed by atoms with Gasteiger partial charge in [-0.05, 0) is 19.9 Å². The number of carboxylic acids is 1. The van der Waals surface area contributed by atoms with Crippen LogP contribution in [0.1, 0.15) is 26.7 Å². The third-order valence-electron chi connectivity index (χ3n) is 1.94. The molecule has 0 spiro atoms. The molecule has 0 atom stereocenters. The Labute approximate surface area is 80.0 Å². The molecule has 0 aromatic heterocycles. The second-order valence-corrected chi connectivity index (χ2v) is 3.29. The average molecular weight is 185 g/mol. The Morgan fingerprint density at radius 1 is 1.38 bits per heavy atom. The van der Waals surface area contributed by atoms with Crippen LogP contribution in [0.15, 0.2) is 12.2 Å². The van der Waals surface area contributed by atoms with Gasteiger partial charge < -0.3 is 10.0 Å². The Hall–Kier alpha value is -0.830. The molecule has 0 unspecified atom stereocenters. The molecule has 13 heavy (non-hydrogen) atoms. The minimum absolute atomic E-state index is 0.226. The lowest BCUT2D eigenvalue weighted by atomic mass is 10.2. The van der Waals surface area contributed by atoms with Crippen molar-refractivity contribution in [2.45, 2.75) is 26.7 Å². The summed E-state index contributed by atoms with van der Waals surface area (Å²) in [5, 5.41) is 8.49. The predicted molar refractivity (Wildman–Crippen MR) is 53.8 cm³/mol. The number of hydrogen-bond donors (Lipinski definition) is 1. The van der Waals surface area contributed by atoms with Crippen molar-refractivity contribution >= 4 is 5.97 Å². The van der Waals surface area contributed by atoms with Crippen LogP contribution in [0.25, 0.3) is 0 Å². The van der Waals surface area contributed by atoms with E-state index in [-0.39, 0.29) is 6.42 Å². The molecular weight excluding hydrogens is 166 g/mol. The summed E-state index contributed by atoms with van der Waals surface area (Å²) < 4.78 is 0. The minimum Gasteiger partial charge on any atom is -0.481 e. The van der Waals surface area contributed by atoms with Crippen molar-refractivity contribution in [3.8, 4) is 0 Å². The maximum absolute atomic E-state index is 10.3. The van der Waals surface area contributed by atoms with Gasteiger partial charge in [-0.15, -0.1) is 6.58 Å². The Kier molecular flexibility index (Phi) is 6.24. The molecule has 0 aromatic carbocycles. The average Bonchev–Trinajstić information content (AvgIpc) is 2.04. The van der Waals surface area contributed by atoms with Crippen LogP contribution in [0.4, 0.5) is 0 Å². The van der Waals surface area contributed by atoms with E-state index >= 15 is 0 Å². The molecule has 0 saturated carbocycles. The Bertz CT molecular complexity index is 160. The second-order valence-electron chi connectivity index (χ2n) is 3.29. The monoisotopic (exact) mass is 185 g/mol. The SMILES string of the molecule is C=C(C)CCN(CC)CCC(=O)O. The molecule has 76 valence electrons. The molecule has 0 radical (unpaired) electrons. The van der Waals surface area contributed by atoms with Crippen molar-refractivity contribution in [2.24, 2.45) is 0 Å². The van der Waals surface area contributed by atoms with E-state index in [1.165, 1.54) is 0 Å². The van der Waals surface area contributed by atoms with E-state index in [1.54, 1.807) is 0 Å². The van der Waals surface area contributed by atoms with Crippen LogP contribution in [-0.2, 0) is 4.79 Å². The van der Waals surface area contributed by atoms with Crippen molar-refractivity contribution in [2.75, 3.05) is 19.6 Å². The molecule has 0 aliphatic rings. The zero-order chi connectivity index (χ0) is 10.3. The first-order valence-electron chi connectivity index (χ1n) is 4.64. The molecule has 0 bridgehead atoms. The standard InChI is InChI=1S/C10H19NO2/c1-4-11(7-5-9(2)3)8-6-10(12)13/h2,4-8H2,1,3H3,(H,12,13). The molecule has 0 rings (SSSR count). The quantitative estimate of drug-likeness (QED) is 0.614. The molecule has 0 aliphatic heterocycles. The summed E-state index contributed by atoms with van der Waals surface area (Å²) in [7, 11) is 0. The first-order valence-corrected chi connectivity index (χ1v) is 4.64. The molecule has 0 amide bonds. The minimum atomic E-state index is -0.728. The van der Waals surface area contributed by atoms with E-state index < -0.39 is 5.97 Å². The van der Waals surface area contributed by atoms with E-state index in [1.807, 2.05) is 13.8 Å². The molecule has 1 N–H and O–H groups in total. The maximum atomic E-state index is 10.3. The van der Waals surface area contributed by atoms with Crippen molar-refractivity contribution in [1.29, 1.82) is 0 Å². The summed E-state index contributed by atoms with van der Waals surface area (Å²) in [6.45, 7) is 10.3. The van der Waals surface area contributed by atoms with Gasteiger partial charge in [0.25, 0.3) is 0 Å². The van der Waals surface area contributed by atoms with Crippen LogP contribution in [0.2, 0.25) is 0 Å². The molecular formula is C10H19NO2. The summed E-state index contributed by atoms with van der Waals surface area (Å²) in [6, 6.07) is 0. The van der Waals surface area contributed by atoms with E-state index in [4.69, 9.17) is 5.11 Å².